The number of hydrogen-bond donors (Lipinski definition) is 0. The summed E-state index contributed by atoms with van der Waals surface area (Å²) in [6.07, 6.45) is 0.255. The second-order valence-electron chi connectivity index (χ2n) is 8.43. The number of rotatable bonds is 5. The molecule has 1 fully saturated rings. The number of para-hydroxylation sites is 1. The van der Waals surface area contributed by atoms with Crippen molar-refractivity contribution in [2.45, 2.75) is 32.2 Å². The van der Waals surface area contributed by atoms with Gasteiger partial charge in [-0.1, -0.05) is 42.0 Å². The fourth-order valence-corrected chi connectivity index (χ4v) is 4.68. The lowest BCUT2D eigenvalue weighted by Crippen LogP contribution is -2.30. The van der Waals surface area contributed by atoms with Gasteiger partial charge in [0.25, 0.3) is 12.3 Å². The van der Waals surface area contributed by atoms with Crippen LogP contribution in [0, 0.1) is 6.92 Å². The topological polar surface area (TPSA) is 59.7 Å². The van der Waals surface area contributed by atoms with Gasteiger partial charge in [0.2, 0.25) is 0 Å². The number of fused-ring (bicyclic) bond motifs is 1. The van der Waals surface area contributed by atoms with Crippen LogP contribution in [-0.4, -0.2) is 39.1 Å². The zero-order valence-corrected chi connectivity index (χ0v) is 18.9. The summed E-state index contributed by atoms with van der Waals surface area (Å²) >= 11 is 0. The van der Waals surface area contributed by atoms with E-state index in [4.69, 9.17) is 4.74 Å². The molecule has 1 unspecified atom stereocenters. The number of aromatic nitrogens is 3. The summed E-state index contributed by atoms with van der Waals surface area (Å²) in [6, 6.07) is 16.4. The normalized spacial score (nSPS) is 15.9. The van der Waals surface area contributed by atoms with Crippen LogP contribution in [0.15, 0.2) is 60.8 Å². The summed E-state index contributed by atoms with van der Waals surface area (Å²) in [5.74, 6) is 0.245. The minimum atomic E-state index is -2.80. The van der Waals surface area contributed by atoms with Gasteiger partial charge in [0.1, 0.15) is 17.0 Å². The Morgan fingerprint density at radius 3 is 2.74 bits per heavy atom. The number of methoxy groups -OCH3 is 1. The predicted octanol–water partition coefficient (Wildman–Crippen LogP) is 5.63. The molecule has 2 aromatic heterocycles. The molecule has 0 spiro atoms. The van der Waals surface area contributed by atoms with E-state index in [0.717, 1.165) is 28.5 Å². The Bertz CT molecular complexity index is 1370. The predicted molar refractivity (Wildman–Crippen MR) is 124 cm³/mol. The largest absolute Gasteiger partial charge is 0.496 e. The molecule has 3 heterocycles. The molecule has 6 nitrogen and oxygen atoms in total. The van der Waals surface area contributed by atoms with Gasteiger partial charge in [0.15, 0.2) is 5.65 Å². The van der Waals surface area contributed by atoms with Gasteiger partial charge in [-0.15, -0.1) is 0 Å². The Hall–Kier alpha value is -3.81. The highest BCUT2D eigenvalue weighted by Gasteiger charge is 2.33. The van der Waals surface area contributed by atoms with Crippen LogP contribution in [0.5, 0.6) is 5.75 Å². The summed E-state index contributed by atoms with van der Waals surface area (Å²) in [7, 11) is 1.51. The van der Waals surface area contributed by atoms with E-state index in [1.54, 1.807) is 29.2 Å². The lowest BCUT2D eigenvalue weighted by molar-refractivity contribution is 0.0737. The highest BCUT2D eigenvalue weighted by atomic mass is 19.3. The fraction of sp³-hybridized carbons (Fsp3) is 0.269. The monoisotopic (exact) mass is 462 g/mol. The summed E-state index contributed by atoms with van der Waals surface area (Å²) in [6.45, 7) is 2.60. The number of carbonyl (C=O) groups is 1. The van der Waals surface area contributed by atoms with E-state index in [0.29, 0.717) is 23.6 Å². The molecule has 1 saturated heterocycles. The van der Waals surface area contributed by atoms with Crippen molar-refractivity contribution in [2.75, 3.05) is 13.7 Å². The van der Waals surface area contributed by atoms with Crippen LogP contribution in [-0.2, 0) is 0 Å². The number of halogens is 2. The summed E-state index contributed by atoms with van der Waals surface area (Å²) in [5.41, 5.74) is 3.04. The van der Waals surface area contributed by atoms with Crippen LogP contribution < -0.4 is 4.74 Å². The van der Waals surface area contributed by atoms with Crippen LogP contribution >= 0.6 is 0 Å². The first-order valence-corrected chi connectivity index (χ1v) is 11.2. The SMILES string of the molecule is COc1ccccc1-c1cc(C(F)F)n2ncc(C(=O)N3CCCC3c3cccc(C)c3)c2n1. The number of alkyl halides is 2. The molecular weight excluding hydrogens is 438 g/mol. The third kappa shape index (κ3) is 3.79. The van der Waals surface area contributed by atoms with Crippen molar-refractivity contribution in [3.63, 3.8) is 0 Å². The van der Waals surface area contributed by atoms with E-state index >= 15 is 0 Å². The second-order valence-corrected chi connectivity index (χ2v) is 8.43. The zero-order valence-electron chi connectivity index (χ0n) is 18.9. The molecule has 34 heavy (non-hydrogen) atoms. The molecule has 0 saturated carbocycles. The molecule has 4 aromatic rings. The molecule has 5 rings (SSSR count). The second kappa shape index (κ2) is 8.85. The van der Waals surface area contributed by atoms with Crippen molar-refractivity contribution in [3.05, 3.63) is 83.2 Å². The highest BCUT2D eigenvalue weighted by Crippen LogP contribution is 2.35. The fourth-order valence-electron chi connectivity index (χ4n) is 4.68. The summed E-state index contributed by atoms with van der Waals surface area (Å²) in [4.78, 5) is 20.1. The molecule has 0 bridgehead atoms. The van der Waals surface area contributed by atoms with Gasteiger partial charge >= 0.3 is 0 Å². The molecule has 8 heteroatoms. The van der Waals surface area contributed by atoms with Crippen molar-refractivity contribution in [2.24, 2.45) is 0 Å². The third-order valence-corrected chi connectivity index (χ3v) is 6.28. The van der Waals surface area contributed by atoms with Crippen molar-refractivity contribution >= 4 is 11.6 Å². The van der Waals surface area contributed by atoms with Gasteiger partial charge in [0, 0.05) is 12.1 Å². The minimum Gasteiger partial charge on any atom is -0.496 e. The number of aryl methyl sites for hydroxylation is 1. The average molecular weight is 463 g/mol. The molecule has 0 aliphatic carbocycles. The van der Waals surface area contributed by atoms with Gasteiger partial charge in [-0.3, -0.25) is 4.79 Å². The van der Waals surface area contributed by atoms with Crippen LogP contribution in [0.1, 0.15) is 52.5 Å². The Labute approximate surface area is 195 Å². The summed E-state index contributed by atoms with van der Waals surface area (Å²) < 4.78 is 34.4. The average Bonchev–Trinajstić information content (AvgIpc) is 3.50. The first-order chi connectivity index (χ1) is 16.5. The van der Waals surface area contributed by atoms with Crippen molar-refractivity contribution in [1.82, 2.24) is 19.5 Å². The van der Waals surface area contributed by atoms with E-state index in [1.807, 2.05) is 25.1 Å². The van der Waals surface area contributed by atoms with Crippen molar-refractivity contribution in [3.8, 4) is 17.0 Å². The molecule has 1 atom stereocenters. The standard InChI is InChI=1S/C26H24F2N4O2/c1-16-7-5-8-17(13-16)21-10-6-12-31(21)26(33)19-15-29-32-22(24(27)28)14-20(30-25(19)32)18-9-3-4-11-23(18)34-2/h3-5,7-9,11,13-15,21,24H,6,10,12H2,1-2H3. The summed E-state index contributed by atoms with van der Waals surface area (Å²) in [5, 5.41) is 4.12. The number of ether oxygens (including phenoxy) is 1. The van der Waals surface area contributed by atoms with E-state index in [-0.39, 0.29) is 28.9 Å². The van der Waals surface area contributed by atoms with Crippen LogP contribution in [0.3, 0.4) is 0 Å². The Morgan fingerprint density at radius 2 is 1.97 bits per heavy atom. The van der Waals surface area contributed by atoms with E-state index in [2.05, 4.69) is 16.1 Å². The number of nitrogens with zero attached hydrogens (tertiary/aromatic N) is 4. The molecular formula is C26H24F2N4O2. The first-order valence-electron chi connectivity index (χ1n) is 11.2. The van der Waals surface area contributed by atoms with E-state index in [9.17, 15) is 13.6 Å². The number of carbonyl (C=O) groups excluding carboxylic acids is 1. The van der Waals surface area contributed by atoms with Crippen molar-refractivity contribution < 1.29 is 18.3 Å². The minimum absolute atomic E-state index is 0.0747. The first kappa shape index (κ1) is 22.0. The number of benzene rings is 2. The molecule has 0 N–H and O–H groups in total. The Morgan fingerprint density at radius 1 is 1.15 bits per heavy atom. The zero-order chi connectivity index (χ0) is 23.8. The maximum atomic E-state index is 14.0. The molecule has 1 aliphatic rings. The Kier molecular flexibility index (Phi) is 5.73. The number of hydrogen-bond acceptors (Lipinski definition) is 4. The van der Waals surface area contributed by atoms with E-state index in [1.165, 1.54) is 19.4 Å². The molecule has 2 aromatic carbocycles. The maximum absolute atomic E-state index is 14.0. The van der Waals surface area contributed by atoms with Crippen LogP contribution in [0.25, 0.3) is 16.9 Å². The van der Waals surface area contributed by atoms with Gasteiger partial charge in [-0.25, -0.2) is 18.3 Å². The lowest BCUT2D eigenvalue weighted by atomic mass is 10.0. The van der Waals surface area contributed by atoms with Crippen molar-refractivity contribution in [1.29, 1.82) is 0 Å². The molecule has 1 amide bonds. The third-order valence-electron chi connectivity index (χ3n) is 6.28. The molecule has 0 radical (unpaired) electrons. The van der Waals surface area contributed by atoms with E-state index < -0.39 is 6.43 Å². The lowest BCUT2D eigenvalue weighted by Gasteiger charge is -2.25. The van der Waals surface area contributed by atoms with Crippen LogP contribution in [0.2, 0.25) is 0 Å². The maximum Gasteiger partial charge on any atom is 0.280 e. The van der Waals surface area contributed by atoms with Gasteiger partial charge < -0.3 is 9.64 Å². The number of likely N-dealkylation sites (tertiary alicyclic amines) is 1. The van der Waals surface area contributed by atoms with Gasteiger partial charge in [0.05, 0.1) is 25.0 Å². The number of amides is 1. The molecule has 1 aliphatic heterocycles. The highest BCUT2D eigenvalue weighted by molar-refractivity contribution is 6.00. The van der Waals surface area contributed by atoms with Gasteiger partial charge in [-0.05, 0) is 43.5 Å². The quantitative estimate of drug-likeness (QED) is 0.386. The van der Waals surface area contributed by atoms with Crippen LogP contribution in [0.4, 0.5) is 8.78 Å². The molecule has 174 valence electrons. The Balaban J connectivity index is 1.61. The van der Waals surface area contributed by atoms with Gasteiger partial charge in [-0.2, -0.15) is 5.10 Å². The smallest absolute Gasteiger partial charge is 0.280 e.